The van der Waals surface area contributed by atoms with E-state index >= 15 is 0 Å². The van der Waals surface area contributed by atoms with Crippen LogP contribution in [0.25, 0.3) is 11.5 Å². The minimum Gasteiger partial charge on any atom is -0.495 e. The fourth-order valence-electron chi connectivity index (χ4n) is 2.22. The molecule has 0 aliphatic carbocycles. The maximum atomic E-state index is 12.5. The molecular weight excluding hydrogens is 310 g/mol. The number of carbonyl (C=O) groups is 1. The molecule has 1 N–H and O–H groups in total. The van der Waals surface area contributed by atoms with Crippen LogP contribution < -0.4 is 10.1 Å². The lowest BCUT2D eigenvalue weighted by Crippen LogP contribution is -2.24. The molecular formula is C16H17N5O3. The minimum atomic E-state index is -0.459. The summed E-state index contributed by atoms with van der Waals surface area (Å²) in [6, 6.07) is 6.57. The van der Waals surface area contributed by atoms with Gasteiger partial charge in [0, 0.05) is 24.9 Å². The number of hydrogen-bond acceptors (Lipinski definition) is 6. The van der Waals surface area contributed by atoms with Crippen molar-refractivity contribution in [2.24, 2.45) is 0 Å². The first-order valence-corrected chi connectivity index (χ1v) is 7.37. The molecule has 0 radical (unpaired) electrons. The summed E-state index contributed by atoms with van der Waals surface area (Å²) in [5, 5.41) is 14.7. The van der Waals surface area contributed by atoms with Gasteiger partial charge in [-0.25, -0.2) is 0 Å². The summed E-state index contributed by atoms with van der Waals surface area (Å²) in [4.78, 5) is 12.5. The molecule has 8 heteroatoms. The molecule has 0 aliphatic rings. The number of aromatic nitrogens is 4. The fraction of sp³-hybridized carbons (Fsp3) is 0.250. The Kier molecular flexibility index (Phi) is 4.28. The average molecular weight is 327 g/mol. The van der Waals surface area contributed by atoms with Gasteiger partial charge in [-0.3, -0.25) is 9.48 Å². The predicted molar refractivity (Wildman–Crippen MR) is 86.6 cm³/mol. The third kappa shape index (κ3) is 3.12. The van der Waals surface area contributed by atoms with Gasteiger partial charge in [0.05, 0.1) is 12.8 Å². The van der Waals surface area contributed by atoms with E-state index in [-0.39, 0.29) is 5.91 Å². The normalized spacial score (nSPS) is 12.0. The number of rotatable bonds is 5. The van der Waals surface area contributed by atoms with Crippen LogP contribution in [0.3, 0.4) is 0 Å². The van der Waals surface area contributed by atoms with Crippen molar-refractivity contribution in [2.75, 3.05) is 12.4 Å². The monoisotopic (exact) mass is 327 g/mol. The van der Waals surface area contributed by atoms with Crippen molar-refractivity contribution in [3.8, 4) is 17.2 Å². The SMILES string of the molecule is COc1ccc(-c2nnc(C)o2)cc1NC(=O)C(C)n1cccn1. The molecule has 0 aliphatic heterocycles. The van der Waals surface area contributed by atoms with E-state index in [4.69, 9.17) is 9.15 Å². The van der Waals surface area contributed by atoms with Crippen molar-refractivity contribution >= 4 is 11.6 Å². The number of nitrogens with zero attached hydrogens (tertiary/aromatic N) is 4. The second-order valence-electron chi connectivity index (χ2n) is 5.19. The van der Waals surface area contributed by atoms with E-state index in [9.17, 15) is 4.79 Å². The molecule has 0 bridgehead atoms. The number of aryl methyl sites for hydroxylation is 1. The van der Waals surface area contributed by atoms with Gasteiger partial charge in [-0.2, -0.15) is 5.10 Å². The summed E-state index contributed by atoms with van der Waals surface area (Å²) in [6.45, 7) is 3.48. The third-order valence-electron chi connectivity index (χ3n) is 3.53. The van der Waals surface area contributed by atoms with Gasteiger partial charge in [0.25, 0.3) is 0 Å². The quantitative estimate of drug-likeness (QED) is 0.773. The molecule has 124 valence electrons. The molecule has 0 spiro atoms. The number of benzene rings is 1. The Hall–Kier alpha value is -3.16. The van der Waals surface area contributed by atoms with Gasteiger partial charge in [-0.15, -0.1) is 10.2 Å². The Balaban J connectivity index is 1.87. The van der Waals surface area contributed by atoms with Crippen LogP contribution in [-0.2, 0) is 4.79 Å². The van der Waals surface area contributed by atoms with Gasteiger partial charge in [0.15, 0.2) is 0 Å². The van der Waals surface area contributed by atoms with Crippen LogP contribution in [0.15, 0.2) is 41.1 Å². The number of carbonyl (C=O) groups excluding carboxylic acids is 1. The van der Waals surface area contributed by atoms with Gasteiger partial charge in [-0.1, -0.05) is 0 Å². The van der Waals surface area contributed by atoms with Crippen molar-refractivity contribution < 1.29 is 13.9 Å². The maximum Gasteiger partial charge on any atom is 0.249 e. The van der Waals surface area contributed by atoms with Gasteiger partial charge in [-0.05, 0) is 31.2 Å². The average Bonchev–Trinajstić information content (AvgIpc) is 3.25. The summed E-state index contributed by atoms with van der Waals surface area (Å²) >= 11 is 0. The van der Waals surface area contributed by atoms with Crippen LogP contribution in [0.2, 0.25) is 0 Å². The first-order chi connectivity index (χ1) is 11.6. The summed E-state index contributed by atoms with van der Waals surface area (Å²) < 4.78 is 12.3. The standard InChI is InChI=1S/C16H17N5O3/c1-10(21-8-4-7-17-21)15(22)18-13-9-12(5-6-14(13)23-3)16-20-19-11(2)24-16/h4-10H,1-3H3,(H,18,22). The van der Waals surface area contributed by atoms with Crippen LogP contribution in [-0.4, -0.2) is 33.0 Å². The van der Waals surface area contributed by atoms with Crippen molar-refractivity contribution in [3.63, 3.8) is 0 Å². The lowest BCUT2D eigenvalue weighted by molar-refractivity contribution is -0.119. The van der Waals surface area contributed by atoms with Crippen molar-refractivity contribution in [1.82, 2.24) is 20.0 Å². The van der Waals surface area contributed by atoms with E-state index in [1.54, 1.807) is 62.3 Å². The Bertz CT molecular complexity index is 841. The van der Waals surface area contributed by atoms with Crippen LogP contribution in [0.5, 0.6) is 5.75 Å². The first-order valence-electron chi connectivity index (χ1n) is 7.37. The largest absolute Gasteiger partial charge is 0.495 e. The van der Waals surface area contributed by atoms with Crippen LogP contribution in [0, 0.1) is 6.92 Å². The highest BCUT2D eigenvalue weighted by Crippen LogP contribution is 2.30. The molecule has 0 saturated carbocycles. The zero-order chi connectivity index (χ0) is 17.1. The Morgan fingerprint density at radius 3 is 2.83 bits per heavy atom. The van der Waals surface area contributed by atoms with Gasteiger partial charge in [0.2, 0.25) is 17.7 Å². The second-order valence-corrected chi connectivity index (χ2v) is 5.19. The molecule has 1 atom stereocenters. The first kappa shape index (κ1) is 15.7. The van der Waals surface area contributed by atoms with E-state index in [2.05, 4.69) is 20.6 Å². The highest BCUT2D eigenvalue weighted by atomic mass is 16.5. The smallest absolute Gasteiger partial charge is 0.249 e. The highest BCUT2D eigenvalue weighted by Gasteiger charge is 2.18. The summed E-state index contributed by atoms with van der Waals surface area (Å²) in [6.07, 6.45) is 3.36. The number of hydrogen-bond donors (Lipinski definition) is 1. The van der Waals surface area contributed by atoms with Gasteiger partial charge >= 0.3 is 0 Å². The molecule has 3 rings (SSSR count). The molecule has 1 aromatic carbocycles. The Morgan fingerprint density at radius 2 is 2.21 bits per heavy atom. The van der Waals surface area contributed by atoms with Gasteiger partial charge < -0.3 is 14.5 Å². The van der Waals surface area contributed by atoms with E-state index in [0.29, 0.717) is 28.8 Å². The zero-order valence-corrected chi connectivity index (χ0v) is 13.6. The lowest BCUT2D eigenvalue weighted by atomic mass is 10.1. The van der Waals surface area contributed by atoms with Crippen molar-refractivity contribution in [3.05, 3.63) is 42.5 Å². The molecule has 1 amide bonds. The molecule has 1 unspecified atom stereocenters. The van der Waals surface area contributed by atoms with E-state index in [1.165, 1.54) is 0 Å². The number of nitrogens with one attached hydrogen (secondary N) is 1. The molecule has 2 aromatic heterocycles. The van der Waals surface area contributed by atoms with Crippen LogP contribution >= 0.6 is 0 Å². The second kappa shape index (κ2) is 6.53. The van der Waals surface area contributed by atoms with E-state index < -0.39 is 6.04 Å². The molecule has 8 nitrogen and oxygen atoms in total. The van der Waals surface area contributed by atoms with E-state index in [1.807, 2.05) is 0 Å². The van der Waals surface area contributed by atoms with Crippen LogP contribution in [0.4, 0.5) is 5.69 Å². The van der Waals surface area contributed by atoms with Gasteiger partial charge in [0.1, 0.15) is 11.8 Å². The van der Waals surface area contributed by atoms with Crippen molar-refractivity contribution in [1.29, 1.82) is 0 Å². The number of methoxy groups -OCH3 is 1. The highest BCUT2D eigenvalue weighted by molar-refractivity contribution is 5.95. The number of amides is 1. The van der Waals surface area contributed by atoms with Crippen LogP contribution in [0.1, 0.15) is 18.9 Å². The lowest BCUT2D eigenvalue weighted by Gasteiger charge is -2.15. The predicted octanol–water partition coefficient (Wildman–Crippen LogP) is 2.45. The fourth-order valence-corrected chi connectivity index (χ4v) is 2.22. The molecule has 3 aromatic rings. The number of anilines is 1. The van der Waals surface area contributed by atoms with E-state index in [0.717, 1.165) is 0 Å². The summed E-state index contributed by atoms with van der Waals surface area (Å²) in [7, 11) is 1.54. The number of ether oxygens (including phenoxy) is 1. The summed E-state index contributed by atoms with van der Waals surface area (Å²) in [5.41, 5.74) is 1.22. The topological polar surface area (TPSA) is 95.1 Å². The third-order valence-corrected chi connectivity index (χ3v) is 3.53. The molecule has 0 fully saturated rings. The maximum absolute atomic E-state index is 12.5. The van der Waals surface area contributed by atoms with Crippen molar-refractivity contribution in [2.45, 2.75) is 19.9 Å². The Labute approximate surface area is 138 Å². The minimum absolute atomic E-state index is 0.212. The Morgan fingerprint density at radius 1 is 1.38 bits per heavy atom. The molecule has 24 heavy (non-hydrogen) atoms. The summed E-state index contributed by atoms with van der Waals surface area (Å²) in [5.74, 6) is 1.18. The molecule has 0 saturated heterocycles. The molecule has 2 heterocycles. The zero-order valence-electron chi connectivity index (χ0n) is 13.6.